The SMILES string of the molecule is CCCC(C)NCC(C)N(C)Cc1csc(C)n1. The van der Waals surface area contributed by atoms with Gasteiger partial charge in [0.25, 0.3) is 0 Å². The summed E-state index contributed by atoms with van der Waals surface area (Å²) in [4.78, 5) is 6.88. The van der Waals surface area contributed by atoms with Crippen molar-refractivity contribution in [1.82, 2.24) is 15.2 Å². The molecule has 0 aliphatic rings. The van der Waals surface area contributed by atoms with Gasteiger partial charge in [-0.2, -0.15) is 0 Å². The van der Waals surface area contributed by atoms with Crippen LogP contribution in [0.2, 0.25) is 0 Å². The Hall–Kier alpha value is -0.450. The summed E-state index contributed by atoms with van der Waals surface area (Å²) in [6.45, 7) is 10.8. The molecule has 0 aliphatic carbocycles. The first-order valence-electron chi connectivity index (χ1n) is 6.87. The van der Waals surface area contributed by atoms with Gasteiger partial charge in [0.2, 0.25) is 0 Å². The lowest BCUT2D eigenvalue weighted by molar-refractivity contribution is 0.235. The zero-order valence-corrected chi connectivity index (χ0v) is 13.2. The van der Waals surface area contributed by atoms with E-state index in [1.54, 1.807) is 11.3 Å². The van der Waals surface area contributed by atoms with Crippen molar-refractivity contribution in [2.75, 3.05) is 13.6 Å². The van der Waals surface area contributed by atoms with Crippen LogP contribution in [-0.2, 0) is 6.54 Å². The van der Waals surface area contributed by atoms with Crippen LogP contribution in [0.5, 0.6) is 0 Å². The first-order valence-corrected chi connectivity index (χ1v) is 7.75. The molecule has 1 aromatic heterocycles. The molecule has 1 aromatic rings. The van der Waals surface area contributed by atoms with Crippen LogP contribution >= 0.6 is 11.3 Å². The molecular formula is C14H27N3S. The normalized spacial score (nSPS) is 15.0. The second-order valence-electron chi connectivity index (χ2n) is 5.22. The summed E-state index contributed by atoms with van der Waals surface area (Å²) in [5.41, 5.74) is 1.19. The zero-order valence-electron chi connectivity index (χ0n) is 12.4. The van der Waals surface area contributed by atoms with E-state index in [0.29, 0.717) is 12.1 Å². The Morgan fingerprint density at radius 3 is 2.72 bits per heavy atom. The Kier molecular flexibility index (Phi) is 6.82. The number of nitrogens with one attached hydrogen (secondary N) is 1. The van der Waals surface area contributed by atoms with Crippen LogP contribution in [0.1, 0.15) is 44.3 Å². The van der Waals surface area contributed by atoms with E-state index in [1.165, 1.54) is 18.5 Å². The Balaban J connectivity index is 2.30. The summed E-state index contributed by atoms with van der Waals surface area (Å²) >= 11 is 1.73. The highest BCUT2D eigenvalue weighted by Gasteiger charge is 2.12. The van der Waals surface area contributed by atoms with Crippen molar-refractivity contribution in [3.63, 3.8) is 0 Å². The molecule has 2 unspecified atom stereocenters. The smallest absolute Gasteiger partial charge is 0.0897 e. The van der Waals surface area contributed by atoms with Gasteiger partial charge < -0.3 is 5.32 Å². The van der Waals surface area contributed by atoms with Gasteiger partial charge >= 0.3 is 0 Å². The molecule has 0 aliphatic heterocycles. The number of hydrogen-bond acceptors (Lipinski definition) is 4. The second-order valence-corrected chi connectivity index (χ2v) is 6.28. The summed E-state index contributed by atoms with van der Waals surface area (Å²) in [5, 5.41) is 6.91. The van der Waals surface area contributed by atoms with Gasteiger partial charge in [-0.3, -0.25) is 4.90 Å². The predicted octanol–water partition coefficient (Wildman–Crippen LogP) is 3.05. The van der Waals surface area contributed by atoms with Crippen LogP contribution in [0.15, 0.2) is 5.38 Å². The van der Waals surface area contributed by atoms with Crippen molar-refractivity contribution in [2.24, 2.45) is 0 Å². The van der Waals surface area contributed by atoms with Gasteiger partial charge in [-0.05, 0) is 34.2 Å². The number of aryl methyl sites for hydroxylation is 1. The van der Waals surface area contributed by atoms with Gasteiger partial charge in [-0.25, -0.2) is 4.98 Å². The fourth-order valence-electron chi connectivity index (χ4n) is 1.95. The monoisotopic (exact) mass is 269 g/mol. The lowest BCUT2D eigenvalue weighted by Crippen LogP contribution is -2.40. The molecule has 0 radical (unpaired) electrons. The highest BCUT2D eigenvalue weighted by atomic mass is 32.1. The molecule has 0 saturated heterocycles. The summed E-state index contributed by atoms with van der Waals surface area (Å²) < 4.78 is 0. The van der Waals surface area contributed by atoms with E-state index >= 15 is 0 Å². The number of thiazole rings is 1. The number of aromatic nitrogens is 1. The lowest BCUT2D eigenvalue weighted by Gasteiger charge is -2.25. The van der Waals surface area contributed by atoms with Crippen LogP contribution in [-0.4, -0.2) is 35.6 Å². The third-order valence-corrected chi connectivity index (χ3v) is 4.14. The molecule has 1 heterocycles. The van der Waals surface area contributed by atoms with Gasteiger partial charge in [0.05, 0.1) is 10.7 Å². The molecule has 2 atom stereocenters. The second kappa shape index (κ2) is 7.87. The number of rotatable bonds is 8. The van der Waals surface area contributed by atoms with Crippen LogP contribution < -0.4 is 5.32 Å². The van der Waals surface area contributed by atoms with Crippen molar-refractivity contribution in [3.8, 4) is 0 Å². The number of nitrogens with zero attached hydrogens (tertiary/aromatic N) is 2. The Morgan fingerprint density at radius 2 is 2.17 bits per heavy atom. The maximum Gasteiger partial charge on any atom is 0.0897 e. The van der Waals surface area contributed by atoms with E-state index in [0.717, 1.165) is 18.1 Å². The van der Waals surface area contributed by atoms with E-state index in [-0.39, 0.29) is 0 Å². The van der Waals surface area contributed by atoms with Crippen molar-refractivity contribution >= 4 is 11.3 Å². The molecule has 3 nitrogen and oxygen atoms in total. The van der Waals surface area contributed by atoms with E-state index < -0.39 is 0 Å². The Labute approximate surface area is 116 Å². The molecule has 0 amide bonds. The van der Waals surface area contributed by atoms with Crippen LogP contribution in [0.4, 0.5) is 0 Å². The summed E-state index contributed by atoms with van der Waals surface area (Å²) in [6.07, 6.45) is 2.50. The molecule has 0 spiro atoms. The predicted molar refractivity (Wildman–Crippen MR) is 80.2 cm³/mol. The maximum absolute atomic E-state index is 4.51. The van der Waals surface area contributed by atoms with Crippen molar-refractivity contribution in [1.29, 1.82) is 0 Å². The van der Waals surface area contributed by atoms with Gasteiger partial charge in [-0.1, -0.05) is 13.3 Å². The molecule has 0 fully saturated rings. The third-order valence-electron chi connectivity index (χ3n) is 3.31. The quantitative estimate of drug-likeness (QED) is 0.786. The summed E-state index contributed by atoms with van der Waals surface area (Å²) in [6, 6.07) is 1.15. The first kappa shape index (κ1) is 15.6. The molecule has 104 valence electrons. The van der Waals surface area contributed by atoms with E-state index in [2.05, 4.69) is 55.3 Å². The third kappa shape index (κ3) is 5.46. The molecule has 1 rings (SSSR count). The molecule has 0 saturated carbocycles. The number of likely N-dealkylation sites (N-methyl/N-ethyl adjacent to an activating group) is 1. The van der Waals surface area contributed by atoms with Crippen molar-refractivity contribution < 1.29 is 0 Å². The zero-order chi connectivity index (χ0) is 13.5. The highest BCUT2D eigenvalue weighted by molar-refractivity contribution is 7.09. The average molecular weight is 269 g/mol. The number of hydrogen-bond donors (Lipinski definition) is 1. The lowest BCUT2D eigenvalue weighted by atomic mass is 10.2. The van der Waals surface area contributed by atoms with Crippen LogP contribution in [0.25, 0.3) is 0 Å². The summed E-state index contributed by atoms with van der Waals surface area (Å²) in [5.74, 6) is 0. The molecular weight excluding hydrogens is 242 g/mol. The topological polar surface area (TPSA) is 28.2 Å². The van der Waals surface area contributed by atoms with Crippen molar-refractivity contribution in [3.05, 3.63) is 16.1 Å². The Bertz CT molecular complexity index is 338. The maximum atomic E-state index is 4.51. The minimum Gasteiger partial charge on any atom is -0.313 e. The standard InChI is InChI=1S/C14H27N3S/c1-6-7-11(2)15-8-12(3)17(5)9-14-10-18-13(4)16-14/h10-12,15H,6-9H2,1-5H3. The fourth-order valence-corrected chi connectivity index (χ4v) is 2.56. The highest BCUT2D eigenvalue weighted by Crippen LogP contribution is 2.11. The largest absolute Gasteiger partial charge is 0.313 e. The fraction of sp³-hybridized carbons (Fsp3) is 0.786. The van der Waals surface area contributed by atoms with Crippen LogP contribution in [0, 0.1) is 6.92 Å². The van der Waals surface area contributed by atoms with Crippen LogP contribution in [0.3, 0.4) is 0 Å². The molecule has 4 heteroatoms. The minimum absolute atomic E-state index is 0.534. The van der Waals surface area contributed by atoms with Crippen molar-refractivity contribution in [2.45, 2.75) is 59.2 Å². The van der Waals surface area contributed by atoms with E-state index in [9.17, 15) is 0 Å². The van der Waals surface area contributed by atoms with Gasteiger partial charge in [0.1, 0.15) is 0 Å². The molecule has 18 heavy (non-hydrogen) atoms. The minimum atomic E-state index is 0.534. The van der Waals surface area contributed by atoms with E-state index in [4.69, 9.17) is 0 Å². The Morgan fingerprint density at radius 1 is 1.44 bits per heavy atom. The molecule has 0 bridgehead atoms. The van der Waals surface area contributed by atoms with Gasteiger partial charge in [-0.15, -0.1) is 11.3 Å². The first-order chi connectivity index (χ1) is 8.52. The van der Waals surface area contributed by atoms with E-state index in [1.807, 2.05) is 0 Å². The van der Waals surface area contributed by atoms with Gasteiger partial charge in [0, 0.05) is 30.6 Å². The summed E-state index contributed by atoms with van der Waals surface area (Å²) in [7, 11) is 2.17. The van der Waals surface area contributed by atoms with Gasteiger partial charge in [0.15, 0.2) is 0 Å². The molecule has 1 N–H and O–H groups in total. The average Bonchev–Trinajstić information content (AvgIpc) is 2.72. The molecule has 0 aromatic carbocycles.